The van der Waals surface area contributed by atoms with Crippen molar-refractivity contribution in [3.63, 3.8) is 0 Å². The number of urea groups is 1. The fourth-order valence-corrected chi connectivity index (χ4v) is 4.60. The molecule has 4 rings (SSSR count). The molecule has 0 bridgehead atoms. The number of hydrogen-bond donors (Lipinski definition) is 2. The van der Waals surface area contributed by atoms with Gasteiger partial charge in [-0.3, -0.25) is 4.79 Å². The lowest BCUT2D eigenvalue weighted by molar-refractivity contribution is -0.133. The number of anilines is 1. The van der Waals surface area contributed by atoms with Gasteiger partial charge < -0.3 is 20.4 Å². The zero-order valence-electron chi connectivity index (χ0n) is 19.8. The topological polar surface area (TPSA) is 88.5 Å². The van der Waals surface area contributed by atoms with Crippen molar-refractivity contribution in [2.45, 2.75) is 38.6 Å². The summed E-state index contributed by atoms with van der Waals surface area (Å²) >= 11 is 0. The molecule has 0 atom stereocenters. The van der Waals surface area contributed by atoms with E-state index in [1.54, 1.807) is 4.90 Å². The second-order valence-corrected chi connectivity index (χ2v) is 9.19. The maximum Gasteiger partial charge on any atom is 0.319 e. The highest BCUT2D eigenvalue weighted by Gasteiger charge is 2.29. The predicted octanol–water partition coefficient (Wildman–Crippen LogP) is 4.07. The average molecular weight is 458 g/mol. The van der Waals surface area contributed by atoms with Crippen LogP contribution in [0.1, 0.15) is 47.9 Å². The van der Waals surface area contributed by atoms with Crippen LogP contribution in [0.2, 0.25) is 0 Å². The highest BCUT2D eigenvalue weighted by molar-refractivity contribution is 5.91. The van der Waals surface area contributed by atoms with Crippen LogP contribution in [-0.2, 0) is 4.79 Å². The van der Waals surface area contributed by atoms with E-state index in [-0.39, 0.29) is 18.0 Å². The normalized spacial score (nSPS) is 16.4. The summed E-state index contributed by atoms with van der Waals surface area (Å²) < 4.78 is 0. The second kappa shape index (κ2) is 10.0. The van der Waals surface area contributed by atoms with Gasteiger partial charge in [0, 0.05) is 44.5 Å². The molecule has 0 saturated carbocycles. The van der Waals surface area contributed by atoms with Gasteiger partial charge in [-0.05, 0) is 60.6 Å². The Kier molecular flexibility index (Phi) is 6.87. The van der Waals surface area contributed by atoms with E-state index < -0.39 is 0 Å². The Labute approximate surface area is 201 Å². The fourth-order valence-electron chi connectivity index (χ4n) is 4.60. The minimum Gasteiger partial charge on any atom is -0.371 e. The number of nitriles is 1. The summed E-state index contributed by atoms with van der Waals surface area (Å²) in [6, 6.07) is 15.8. The Morgan fingerprint density at radius 3 is 2.35 bits per heavy atom. The number of amides is 3. The number of aryl methyl sites for hydroxylation is 1. The molecule has 176 valence electrons. The lowest BCUT2D eigenvalue weighted by Crippen LogP contribution is -2.61. The van der Waals surface area contributed by atoms with E-state index >= 15 is 0 Å². The van der Waals surface area contributed by atoms with Crippen LogP contribution in [-0.4, -0.2) is 54.0 Å². The molecule has 0 unspecified atom stereocenters. The molecule has 0 aliphatic carbocycles. The summed E-state index contributed by atoms with van der Waals surface area (Å²) in [5, 5.41) is 14.9. The maximum atomic E-state index is 12.5. The first-order valence-electron chi connectivity index (χ1n) is 11.7. The van der Waals surface area contributed by atoms with Gasteiger partial charge in [-0.25, -0.2) is 4.79 Å². The van der Waals surface area contributed by atoms with Crippen LogP contribution in [0, 0.1) is 18.3 Å². The van der Waals surface area contributed by atoms with E-state index in [0.29, 0.717) is 24.6 Å². The molecule has 0 radical (unpaired) electrons. The highest BCUT2D eigenvalue weighted by atomic mass is 16.2. The van der Waals surface area contributed by atoms with Gasteiger partial charge in [-0.1, -0.05) is 30.8 Å². The van der Waals surface area contributed by atoms with Crippen molar-refractivity contribution in [3.8, 4) is 6.07 Å². The van der Waals surface area contributed by atoms with Crippen LogP contribution in [0.3, 0.4) is 0 Å². The molecule has 2 aromatic carbocycles. The van der Waals surface area contributed by atoms with Crippen LogP contribution >= 0.6 is 0 Å². The van der Waals surface area contributed by atoms with Crippen molar-refractivity contribution >= 4 is 23.3 Å². The third-order valence-corrected chi connectivity index (χ3v) is 6.87. The van der Waals surface area contributed by atoms with Crippen LogP contribution < -0.4 is 10.6 Å². The van der Waals surface area contributed by atoms with Gasteiger partial charge in [0.05, 0.1) is 17.7 Å². The molecule has 7 nitrogen and oxygen atoms in total. The van der Waals surface area contributed by atoms with E-state index in [0.717, 1.165) is 48.4 Å². The number of benzene rings is 2. The van der Waals surface area contributed by atoms with Gasteiger partial charge in [0.15, 0.2) is 0 Å². The van der Waals surface area contributed by atoms with Crippen LogP contribution in [0.5, 0.6) is 0 Å². The molecule has 2 heterocycles. The van der Waals surface area contributed by atoms with Gasteiger partial charge in [-0.2, -0.15) is 5.26 Å². The minimum absolute atomic E-state index is 0.0141. The van der Waals surface area contributed by atoms with E-state index in [2.05, 4.69) is 40.3 Å². The van der Waals surface area contributed by atoms with Crippen molar-refractivity contribution in [2.24, 2.45) is 0 Å². The number of rotatable bonds is 5. The van der Waals surface area contributed by atoms with Crippen LogP contribution in [0.4, 0.5) is 10.5 Å². The van der Waals surface area contributed by atoms with Gasteiger partial charge in [0.1, 0.15) is 0 Å². The molecule has 2 saturated heterocycles. The standard InChI is InChI=1S/C27H31N5O2/c1-18-4-7-24(14-26(18)30-27(34)29-25-16-32(17-25)20(3)33)19(2)31-12-10-23(11-13-31)22-8-5-21(15-28)6-9-22/h4-9,14,23,25H,2,10-13,16-17H2,1,3H3,(H2,29,30,34). The molecule has 34 heavy (non-hydrogen) atoms. The first-order chi connectivity index (χ1) is 16.3. The molecule has 0 aromatic heterocycles. The van der Waals surface area contributed by atoms with Crippen molar-refractivity contribution in [3.05, 3.63) is 71.3 Å². The number of carbonyl (C=O) groups is 2. The van der Waals surface area contributed by atoms with Crippen molar-refractivity contribution in [2.75, 3.05) is 31.5 Å². The van der Waals surface area contributed by atoms with Crippen molar-refractivity contribution in [1.29, 1.82) is 5.26 Å². The monoisotopic (exact) mass is 457 g/mol. The molecule has 2 aliphatic heterocycles. The first-order valence-corrected chi connectivity index (χ1v) is 11.7. The zero-order valence-corrected chi connectivity index (χ0v) is 19.8. The maximum absolute atomic E-state index is 12.5. The van der Waals surface area contributed by atoms with Gasteiger partial charge in [0.2, 0.25) is 5.91 Å². The quantitative estimate of drug-likeness (QED) is 0.708. The minimum atomic E-state index is -0.262. The largest absolute Gasteiger partial charge is 0.371 e. The van der Waals surface area contributed by atoms with E-state index in [4.69, 9.17) is 5.26 Å². The molecule has 3 amide bonds. The first kappa shape index (κ1) is 23.4. The molecule has 2 N–H and O–H groups in total. The summed E-state index contributed by atoms with van der Waals surface area (Å²) in [6.07, 6.45) is 2.06. The lowest BCUT2D eigenvalue weighted by atomic mass is 9.88. The van der Waals surface area contributed by atoms with Gasteiger partial charge >= 0.3 is 6.03 Å². The third-order valence-electron chi connectivity index (χ3n) is 6.87. The molecule has 0 spiro atoms. The Balaban J connectivity index is 1.33. The Morgan fingerprint density at radius 1 is 1.06 bits per heavy atom. The zero-order chi connectivity index (χ0) is 24.2. The number of likely N-dealkylation sites (tertiary alicyclic amines) is 2. The van der Waals surface area contributed by atoms with Crippen molar-refractivity contribution in [1.82, 2.24) is 15.1 Å². The van der Waals surface area contributed by atoms with E-state index in [9.17, 15) is 9.59 Å². The SMILES string of the molecule is C=C(c1ccc(C)c(NC(=O)NC2CN(C(C)=O)C2)c1)N1CCC(c2ccc(C#N)cc2)CC1. The molecule has 2 aromatic rings. The summed E-state index contributed by atoms with van der Waals surface area (Å²) in [5.74, 6) is 0.516. The van der Waals surface area contributed by atoms with Crippen LogP contribution in [0.25, 0.3) is 5.70 Å². The lowest BCUT2D eigenvalue weighted by Gasteiger charge is -2.38. The summed E-state index contributed by atoms with van der Waals surface area (Å²) in [6.45, 7) is 10.8. The van der Waals surface area contributed by atoms with E-state index in [1.165, 1.54) is 12.5 Å². The predicted molar refractivity (Wildman–Crippen MR) is 133 cm³/mol. The number of nitrogens with zero attached hydrogens (tertiary/aromatic N) is 3. The summed E-state index contributed by atoms with van der Waals surface area (Å²) in [4.78, 5) is 27.8. The number of nitrogens with one attached hydrogen (secondary N) is 2. The molecule has 2 fully saturated rings. The molecular formula is C27H31N5O2. The number of piperidine rings is 1. The van der Waals surface area contributed by atoms with Crippen LogP contribution in [0.15, 0.2) is 49.0 Å². The Morgan fingerprint density at radius 2 is 1.74 bits per heavy atom. The summed E-state index contributed by atoms with van der Waals surface area (Å²) in [5.41, 5.74) is 5.66. The van der Waals surface area contributed by atoms with Gasteiger partial charge in [0.25, 0.3) is 0 Å². The van der Waals surface area contributed by atoms with E-state index in [1.807, 2.05) is 37.3 Å². The second-order valence-electron chi connectivity index (χ2n) is 9.19. The Bertz CT molecular complexity index is 1120. The fraction of sp³-hybridized carbons (Fsp3) is 0.370. The van der Waals surface area contributed by atoms with Crippen molar-refractivity contribution < 1.29 is 9.59 Å². The highest BCUT2D eigenvalue weighted by Crippen LogP contribution is 2.32. The Hall–Kier alpha value is -3.79. The number of carbonyl (C=O) groups excluding carboxylic acids is 2. The van der Waals surface area contributed by atoms with Gasteiger partial charge in [-0.15, -0.1) is 0 Å². The summed E-state index contributed by atoms with van der Waals surface area (Å²) in [7, 11) is 0. The third kappa shape index (κ3) is 5.23. The molecule has 2 aliphatic rings. The molecular weight excluding hydrogens is 426 g/mol. The smallest absolute Gasteiger partial charge is 0.319 e. The molecule has 7 heteroatoms. The number of hydrogen-bond acceptors (Lipinski definition) is 4. The average Bonchev–Trinajstić information content (AvgIpc) is 2.82.